The van der Waals surface area contributed by atoms with Crippen LogP contribution in [0.4, 0.5) is 0 Å². The van der Waals surface area contributed by atoms with E-state index in [0.29, 0.717) is 6.54 Å². The Kier molecular flexibility index (Phi) is 8.46. The van der Waals surface area contributed by atoms with Gasteiger partial charge in [-0.1, -0.05) is 42.0 Å². The van der Waals surface area contributed by atoms with Crippen LogP contribution in [0.25, 0.3) is 0 Å². The number of likely N-dealkylation sites (N-methyl/N-ethyl adjacent to an activating group) is 1. The number of rotatable bonds is 7. The second-order valence-corrected chi connectivity index (χ2v) is 6.10. The van der Waals surface area contributed by atoms with E-state index in [1.165, 1.54) is 5.56 Å². The van der Waals surface area contributed by atoms with E-state index in [2.05, 4.69) is 12.1 Å². The number of benzene rings is 2. The number of hydrogen-bond acceptors (Lipinski definition) is 3. The van der Waals surface area contributed by atoms with Crippen LogP contribution in [0.5, 0.6) is 5.75 Å². The van der Waals surface area contributed by atoms with Gasteiger partial charge < -0.3 is 15.4 Å². The Morgan fingerprint density at radius 1 is 1.12 bits per heavy atom. The zero-order valence-electron chi connectivity index (χ0n) is 15.1. The quantitative estimate of drug-likeness (QED) is 0.819. The van der Waals surface area contributed by atoms with Crippen molar-refractivity contribution in [2.24, 2.45) is 5.73 Å². The van der Waals surface area contributed by atoms with Crippen molar-refractivity contribution in [3.05, 3.63) is 65.2 Å². The number of carbonyl (C=O) groups excluding carboxylic acids is 1. The Bertz CT molecular complexity index is 656. The number of amides is 1. The zero-order chi connectivity index (χ0) is 17.5. The summed E-state index contributed by atoms with van der Waals surface area (Å²) in [5.74, 6) is 0.809. The number of nitrogens with zero attached hydrogens (tertiary/aromatic N) is 1. The first-order valence-electron chi connectivity index (χ1n) is 8.21. The summed E-state index contributed by atoms with van der Waals surface area (Å²) in [6.07, 6.45) is 1.82. The standard InChI is InChI=1S/C20H26N2O2.ClH/c1-15-6-10-17(11-7-15)19(21)20(23)22(2)14-4-5-16-8-12-18(24-3)13-9-16;/h6-13,19H,4-5,14,21H2,1-3H3;1H. The molecule has 2 aromatic rings. The third-order valence-electron chi connectivity index (χ3n) is 4.20. The summed E-state index contributed by atoms with van der Waals surface area (Å²) < 4.78 is 5.15. The van der Waals surface area contributed by atoms with Crippen LogP contribution in [0.3, 0.4) is 0 Å². The Balaban J connectivity index is 0.00000312. The van der Waals surface area contributed by atoms with Crippen LogP contribution in [-0.4, -0.2) is 31.5 Å². The third-order valence-corrected chi connectivity index (χ3v) is 4.20. The van der Waals surface area contributed by atoms with E-state index in [4.69, 9.17) is 10.5 Å². The lowest BCUT2D eigenvalue weighted by atomic mass is 10.0. The van der Waals surface area contributed by atoms with Crippen molar-refractivity contribution in [3.63, 3.8) is 0 Å². The smallest absolute Gasteiger partial charge is 0.243 e. The van der Waals surface area contributed by atoms with Gasteiger partial charge in [-0.15, -0.1) is 12.4 Å². The molecular formula is C20H27ClN2O2. The highest BCUT2D eigenvalue weighted by atomic mass is 35.5. The van der Waals surface area contributed by atoms with Crippen molar-refractivity contribution >= 4 is 18.3 Å². The van der Waals surface area contributed by atoms with E-state index in [-0.39, 0.29) is 18.3 Å². The molecule has 0 aliphatic carbocycles. The van der Waals surface area contributed by atoms with Crippen molar-refractivity contribution in [1.82, 2.24) is 4.90 Å². The summed E-state index contributed by atoms with van der Waals surface area (Å²) >= 11 is 0. The van der Waals surface area contributed by atoms with E-state index in [1.807, 2.05) is 50.4 Å². The molecule has 25 heavy (non-hydrogen) atoms. The van der Waals surface area contributed by atoms with E-state index in [0.717, 1.165) is 29.7 Å². The molecule has 0 saturated carbocycles. The molecule has 0 spiro atoms. The van der Waals surface area contributed by atoms with Crippen molar-refractivity contribution in [3.8, 4) is 5.75 Å². The SMILES string of the molecule is COc1ccc(CCCN(C)C(=O)C(N)c2ccc(C)cc2)cc1.Cl. The van der Waals surface area contributed by atoms with E-state index >= 15 is 0 Å². The average Bonchev–Trinajstić information content (AvgIpc) is 2.61. The average molecular weight is 363 g/mol. The molecule has 5 heteroatoms. The molecule has 0 aliphatic rings. The molecule has 0 radical (unpaired) electrons. The van der Waals surface area contributed by atoms with Crippen LogP contribution < -0.4 is 10.5 Å². The minimum absolute atomic E-state index is 0. The minimum Gasteiger partial charge on any atom is -0.497 e. The van der Waals surface area contributed by atoms with E-state index in [9.17, 15) is 4.79 Å². The van der Waals surface area contributed by atoms with Gasteiger partial charge in [-0.3, -0.25) is 4.79 Å². The lowest BCUT2D eigenvalue weighted by molar-refractivity contribution is -0.131. The first-order chi connectivity index (χ1) is 11.5. The zero-order valence-corrected chi connectivity index (χ0v) is 15.9. The normalized spacial score (nSPS) is 11.4. The van der Waals surface area contributed by atoms with Gasteiger partial charge in [0.05, 0.1) is 7.11 Å². The molecule has 0 aliphatic heterocycles. The number of aryl methyl sites for hydroxylation is 2. The lowest BCUT2D eigenvalue weighted by Gasteiger charge is -2.21. The maximum Gasteiger partial charge on any atom is 0.243 e. The maximum atomic E-state index is 12.4. The van der Waals surface area contributed by atoms with Crippen LogP contribution in [0.2, 0.25) is 0 Å². The fourth-order valence-corrected chi connectivity index (χ4v) is 2.58. The van der Waals surface area contributed by atoms with Crippen LogP contribution in [0, 0.1) is 6.92 Å². The predicted molar refractivity (Wildman–Crippen MR) is 104 cm³/mol. The molecule has 0 saturated heterocycles. The highest BCUT2D eigenvalue weighted by molar-refractivity contribution is 5.85. The summed E-state index contributed by atoms with van der Waals surface area (Å²) in [7, 11) is 3.47. The van der Waals surface area contributed by atoms with Gasteiger partial charge in [0.2, 0.25) is 5.91 Å². The Labute approximate surface area is 156 Å². The van der Waals surface area contributed by atoms with Gasteiger partial charge in [-0.2, -0.15) is 0 Å². The molecule has 2 N–H and O–H groups in total. The molecule has 1 unspecified atom stereocenters. The highest BCUT2D eigenvalue weighted by Gasteiger charge is 2.19. The van der Waals surface area contributed by atoms with Crippen molar-refractivity contribution in [2.75, 3.05) is 20.7 Å². The van der Waals surface area contributed by atoms with Gasteiger partial charge in [0.1, 0.15) is 11.8 Å². The van der Waals surface area contributed by atoms with Gasteiger partial charge in [0.25, 0.3) is 0 Å². The van der Waals surface area contributed by atoms with Gasteiger partial charge in [-0.25, -0.2) is 0 Å². The second-order valence-electron chi connectivity index (χ2n) is 6.10. The Morgan fingerprint density at radius 2 is 1.72 bits per heavy atom. The summed E-state index contributed by atoms with van der Waals surface area (Å²) in [6, 6.07) is 15.2. The molecule has 2 aromatic carbocycles. The summed E-state index contributed by atoms with van der Waals surface area (Å²) in [4.78, 5) is 14.2. The van der Waals surface area contributed by atoms with Crippen molar-refractivity contribution in [1.29, 1.82) is 0 Å². The van der Waals surface area contributed by atoms with Gasteiger partial charge in [0.15, 0.2) is 0 Å². The molecule has 1 amide bonds. The molecule has 4 nitrogen and oxygen atoms in total. The number of methoxy groups -OCH3 is 1. The first-order valence-corrected chi connectivity index (χ1v) is 8.21. The van der Waals surface area contributed by atoms with E-state index < -0.39 is 6.04 Å². The third kappa shape index (κ3) is 6.07. The molecular weight excluding hydrogens is 336 g/mol. The van der Waals surface area contributed by atoms with Crippen molar-refractivity contribution in [2.45, 2.75) is 25.8 Å². The van der Waals surface area contributed by atoms with Crippen LogP contribution in [0.1, 0.15) is 29.2 Å². The van der Waals surface area contributed by atoms with Crippen LogP contribution >= 0.6 is 12.4 Å². The number of hydrogen-bond donors (Lipinski definition) is 1. The fraction of sp³-hybridized carbons (Fsp3) is 0.350. The monoisotopic (exact) mass is 362 g/mol. The molecule has 0 fully saturated rings. The minimum atomic E-state index is -0.600. The summed E-state index contributed by atoms with van der Waals surface area (Å²) in [5.41, 5.74) is 9.35. The molecule has 0 heterocycles. The fourth-order valence-electron chi connectivity index (χ4n) is 2.58. The molecule has 1 atom stereocenters. The number of ether oxygens (including phenoxy) is 1. The molecule has 0 aromatic heterocycles. The second kappa shape index (κ2) is 10.1. The van der Waals surface area contributed by atoms with Crippen molar-refractivity contribution < 1.29 is 9.53 Å². The molecule has 136 valence electrons. The number of carbonyl (C=O) groups is 1. The van der Waals surface area contributed by atoms with E-state index in [1.54, 1.807) is 12.0 Å². The van der Waals surface area contributed by atoms with Gasteiger partial charge >= 0.3 is 0 Å². The topological polar surface area (TPSA) is 55.6 Å². The van der Waals surface area contributed by atoms with Gasteiger partial charge in [0, 0.05) is 13.6 Å². The molecule has 2 rings (SSSR count). The van der Waals surface area contributed by atoms with Gasteiger partial charge in [-0.05, 0) is 43.0 Å². The lowest BCUT2D eigenvalue weighted by Crippen LogP contribution is -2.36. The van der Waals surface area contributed by atoms with Crippen LogP contribution in [-0.2, 0) is 11.2 Å². The summed E-state index contributed by atoms with van der Waals surface area (Å²) in [5, 5.41) is 0. The number of halogens is 1. The maximum absolute atomic E-state index is 12.4. The predicted octanol–water partition coefficient (Wildman–Crippen LogP) is 3.52. The highest BCUT2D eigenvalue weighted by Crippen LogP contribution is 2.15. The first kappa shape index (κ1) is 21.0. The Morgan fingerprint density at radius 3 is 2.28 bits per heavy atom. The number of nitrogens with two attached hydrogens (primary N) is 1. The van der Waals surface area contributed by atoms with Crippen LogP contribution in [0.15, 0.2) is 48.5 Å². The Hall–Kier alpha value is -2.04. The molecule has 0 bridgehead atoms. The largest absolute Gasteiger partial charge is 0.497 e. The summed E-state index contributed by atoms with van der Waals surface area (Å²) in [6.45, 7) is 2.70.